The molecule has 0 aliphatic rings. The van der Waals surface area contributed by atoms with Crippen molar-refractivity contribution in [2.45, 2.75) is 20.8 Å². The van der Waals surface area contributed by atoms with Gasteiger partial charge in [-0.1, -0.05) is 18.2 Å². The number of aromatic nitrogens is 3. The Balaban J connectivity index is 1.74. The molecule has 1 N–H and O–H groups in total. The van der Waals surface area contributed by atoms with Crippen molar-refractivity contribution in [1.82, 2.24) is 14.8 Å². The van der Waals surface area contributed by atoms with Gasteiger partial charge in [-0.05, 0) is 38.5 Å². The van der Waals surface area contributed by atoms with Crippen molar-refractivity contribution in [2.24, 2.45) is 0 Å². The lowest BCUT2D eigenvalue weighted by molar-refractivity contribution is 0.0463. The number of ether oxygens (including phenoxy) is 3. The van der Waals surface area contributed by atoms with Gasteiger partial charge in [-0.25, -0.2) is 14.3 Å². The van der Waals surface area contributed by atoms with Crippen molar-refractivity contribution in [3.05, 3.63) is 64.7 Å². The number of benzene rings is 1. The molecule has 0 atom stereocenters. The van der Waals surface area contributed by atoms with E-state index in [9.17, 15) is 14.4 Å². The summed E-state index contributed by atoms with van der Waals surface area (Å²) in [5.74, 6) is -1.57. The number of para-hydroxylation sites is 1. The SMILES string of the molecule is CCOC(=O)c1c(C)[nH]c(C(=O)COC(=O)c2nn(-c3ccccc3)cc2OC)c1C. The quantitative estimate of drug-likeness (QED) is 0.436. The summed E-state index contributed by atoms with van der Waals surface area (Å²) >= 11 is 0. The highest BCUT2D eigenvalue weighted by atomic mass is 16.5. The van der Waals surface area contributed by atoms with Crippen LogP contribution in [0.25, 0.3) is 5.69 Å². The minimum absolute atomic E-state index is 0.0502. The molecule has 2 aromatic heterocycles. The number of H-pyrrole nitrogens is 1. The van der Waals surface area contributed by atoms with Gasteiger partial charge in [-0.15, -0.1) is 0 Å². The van der Waals surface area contributed by atoms with Crippen LogP contribution in [-0.4, -0.2) is 52.8 Å². The first-order valence-corrected chi connectivity index (χ1v) is 9.63. The molecule has 0 radical (unpaired) electrons. The molecule has 0 bridgehead atoms. The molecule has 3 aromatic rings. The second kappa shape index (κ2) is 9.29. The van der Waals surface area contributed by atoms with E-state index in [0.717, 1.165) is 5.69 Å². The number of nitrogens with zero attached hydrogens (tertiary/aromatic N) is 2. The molecule has 162 valence electrons. The van der Waals surface area contributed by atoms with Crippen molar-refractivity contribution in [3.8, 4) is 11.4 Å². The number of aryl methyl sites for hydroxylation is 1. The lowest BCUT2D eigenvalue weighted by Gasteiger charge is -2.04. The van der Waals surface area contributed by atoms with Crippen LogP contribution in [0.2, 0.25) is 0 Å². The summed E-state index contributed by atoms with van der Waals surface area (Å²) < 4.78 is 16.9. The molecule has 0 saturated heterocycles. The fourth-order valence-corrected chi connectivity index (χ4v) is 3.17. The second-order valence-electron chi connectivity index (χ2n) is 6.67. The summed E-state index contributed by atoms with van der Waals surface area (Å²) in [6.07, 6.45) is 1.55. The Morgan fingerprint density at radius 3 is 2.42 bits per heavy atom. The number of Topliss-reactive ketones (excluding diaryl/α,β-unsaturated/α-hetero) is 1. The van der Waals surface area contributed by atoms with Crippen LogP contribution in [0.5, 0.6) is 5.75 Å². The van der Waals surface area contributed by atoms with Gasteiger partial charge in [0, 0.05) is 5.69 Å². The summed E-state index contributed by atoms with van der Waals surface area (Å²) in [6.45, 7) is 4.71. The summed E-state index contributed by atoms with van der Waals surface area (Å²) in [6, 6.07) is 9.19. The predicted molar refractivity (Wildman–Crippen MR) is 111 cm³/mol. The molecular formula is C22H23N3O6. The van der Waals surface area contributed by atoms with Crippen LogP contribution in [0.4, 0.5) is 0 Å². The van der Waals surface area contributed by atoms with Gasteiger partial charge in [0.15, 0.2) is 12.4 Å². The van der Waals surface area contributed by atoms with Crippen LogP contribution < -0.4 is 4.74 Å². The van der Waals surface area contributed by atoms with Crippen LogP contribution in [0.1, 0.15) is 49.5 Å². The predicted octanol–water partition coefficient (Wildman–Crippen LogP) is 3.04. The molecular weight excluding hydrogens is 402 g/mol. The van der Waals surface area contributed by atoms with E-state index < -0.39 is 24.3 Å². The largest absolute Gasteiger partial charge is 0.493 e. The smallest absolute Gasteiger partial charge is 0.363 e. The molecule has 2 heterocycles. The molecule has 9 nitrogen and oxygen atoms in total. The van der Waals surface area contributed by atoms with Crippen molar-refractivity contribution >= 4 is 17.7 Å². The average molecular weight is 425 g/mol. The molecule has 0 amide bonds. The Morgan fingerprint density at radius 1 is 1.06 bits per heavy atom. The van der Waals surface area contributed by atoms with Crippen LogP contribution in [0.3, 0.4) is 0 Å². The van der Waals surface area contributed by atoms with E-state index in [1.807, 2.05) is 30.3 Å². The highest BCUT2D eigenvalue weighted by molar-refractivity contribution is 6.03. The monoisotopic (exact) mass is 425 g/mol. The minimum atomic E-state index is -0.800. The highest BCUT2D eigenvalue weighted by Crippen LogP contribution is 2.22. The summed E-state index contributed by atoms with van der Waals surface area (Å²) in [4.78, 5) is 40.1. The number of nitrogens with one attached hydrogen (secondary N) is 1. The van der Waals surface area contributed by atoms with Gasteiger partial charge in [-0.3, -0.25) is 4.79 Å². The van der Waals surface area contributed by atoms with E-state index in [1.54, 1.807) is 27.0 Å². The third-order valence-electron chi connectivity index (χ3n) is 4.64. The number of aromatic amines is 1. The molecule has 0 saturated carbocycles. The first-order valence-electron chi connectivity index (χ1n) is 9.63. The molecule has 0 fully saturated rings. The maximum absolute atomic E-state index is 12.6. The summed E-state index contributed by atoms with van der Waals surface area (Å²) in [5, 5.41) is 4.22. The first kappa shape index (κ1) is 21.8. The fraction of sp³-hybridized carbons (Fsp3) is 0.273. The Morgan fingerprint density at radius 2 is 1.77 bits per heavy atom. The number of esters is 2. The number of hydrogen-bond donors (Lipinski definition) is 1. The maximum atomic E-state index is 12.6. The topological polar surface area (TPSA) is 113 Å². The van der Waals surface area contributed by atoms with Crippen molar-refractivity contribution in [1.29, 1.82) is 0 Å². The van der Waals surface area contributed by atoms with Crippen LogP contribution in [-0.2, 0) is 9.47 Å². The summed E-state index contributed by atoms with van der Waals surface area (Å²) in [5.41, 5.74) is 2.14. The first-order chi connectivity index (χ1) is 14.9. The Kier molecular flexibility index (Phi) is 6.54. The van der Waals surface area contributed by atoms with Crippen molar-refractivity contribution in [2.75, 3.05) is 20.3 Å². The fourth-order valence-electron chi connectivity index (χ4n) is 3.17. The second-order valence-corrected chi connectivity index (χ2v) is 6.67. The van der Waals surface area contributed by atoms with Gasteiger partial charge in [-0.2, -0.15) is 5.10 Å². The Bertz CT molecular complexity index is 1110. The number of ketones is 1. The molecule has 0 aliphatic carbocycles. The molecule has 0 unspecified atom stereocenters. The lowest BCUT2D eigenvalue weighted by atomic mass is 10.1. The Labute approximate surface area is 178 Å². The van der Waals surface area contributed by atoms with E-state index in [1.165, 1.54) is 11.8 Å². The highest BCUT2D eigenvalue weighted by Gasteiger charge is 2.25. The molecule has 9 heteroatoms. The molecule has 1 aromatic carbocycles. The van der Waals surface area contributed by atoms with E-state index in [-0.39, 0.29) is 23.7 Å². The number of rotatable bonds is 8. The van der Waals surface area contributed by atoms with E-state index in [2.05, 4.69) is 10.1 Å². The normalized spacial score (nSPS) is 10.6. The Hall–Kier alpha value is -3.88. The number of carbonyl (C=O) groups is 3. The van der Waals surface area contributed by atoms with Gasteiger partial charge in [0.1, 0.15) is 0 Å². The molecule has 0 aliphatic heterocycles. The van der Waals surface area contributed by atoms with E-state index in [4.69, 9.17) is 14.2 Å². The van der Waals surface area contributed by atoms with Gasteiger partial charge in [0.05, 0.1) is 36.9 Å². The van der Waals surface area contributed by atoms with Gasteiger partial charge >= 0.3 is 11.9 Å². The zero-order valence-electron chi connectivity index (χ0n) is 17.7. The molecule has 3 rings (SSSR count). The van der Waals surface area contributed by atoms with Gasteiger partial charge < -0.3 is 19.2 Å². The average Bonchev–Trinajstić information content (AvgIpc) is 3.33. The van der Waals surface area contributed by atoms with Gasteiger partial charge in [0.25, 0.3) is 0 Å². The zero-order chi connectivity index (χ0) is 22.5. The lowest BCUT2D eigenvalue weighted by Crippen LogP contribution is -2.16. The third kappa shape index (κ3) is 4.50. The zero-order valence-corrected chi connectivity index (χ0v) is 17.7. The van der Waals surface area contributed by atoms with E-state index in [0.29, 0.717) is 16.8 Å². The van der Waals surface area contributed by atoms with E-state index >= 15 is 0 Å². The number of hydrogen-bond acceptors (Lipinski definition) is 7. The van der Waals surface area contributed by atoms with Crippen molar-refractivity contribution in [3.63, 3.8) is 0 Å². The molecule has 31 heavy (non-hydrogen) atoms. The number of methoxy groups -OCH3 is 1. The standard InChI is InChI=1S/C22H23N3O6/c1-5-30-21(27)18-13(2)19(23-14(18)3)16(26)12-31-22(28)20-17(29-4)11-25(24-20)15-9-7-6-8-10-15/h6-11,23H,5,12H2,1-4H3. The number of carbonyl (C=O) groups excluding carboxylic acids is 3. The maximum Gasteiger partial charge on any atom is 0.363 e. The third-order valence-corrected chi connectivity index (χ3v) is 4.64. The summed E-state index contributed by atoms with van der Waals surface area (Å²) in [7, 11) is 1.41. The van der Waals surface area contributed by atoms with Crippen LogP contribution in [0, 0.1) is 13.8 Å². The minimum Gasteiger partial charge on any atom is -0.493 e. The van der Waals surface area contributed by atoms with Crippen LogP contribution in [0.15, 0.2) is 36.5 Å². The van der Waals surface area contributed by atoms with Crippen molar-refractivity contribution < 1.29 is 28.6 Å². The molecule has 0 spiro atoms. The van der Waals surface area contributed by atoms with Crippen LogP contribution >= 0.6 is 0 Å². The van der Waals surface area contributed by atoms with Gasteiger partial charge in [0.2, 0.25) is 11.5 Å².